The van der Waals surface area contributed by atoms with Crippen LogP contribution in [0.2, 0.25) is 0 Å². The van der Waals surface area contributed by atoms with Crippen molar-refractivity contribution in [2.75, 3.05) is 0 Å². The summed E-state index contributed by atoms with van der Waals surface area (Å²) in [4.78, 5) is 10.2. The number of unbranched alkanes of at least 4 members (excludes halogenated alkanes) is 1. The van der Waals surface area contributed by atoms with Crippen molar-refractivity contribution in [1.82, 2.24) is 0 Å². The first kappa shape index (κ1) is 8.45. The van der Waals surface area contributed by atoms with Crippen LogP contribution < -0.4 is 0 Å². The van der Waals surface area contributed by atoms with Crippen molar-refractivity contribution in [3.63, 3.8) is 0 Å². The summed E-state index contributed by atoms with van der Waals surface area (Å²) in [5, 5.41) is -0.159. The van der Waals surface area contributed by atoms with Crippen LogP contribution in [-0.4, -0.2) is 5.12 Å². The van der Waals surface area contributed by atoms with Crippen LogP contribution in [0.5, 0.6) is 0 Å². The third kappa shape index (κ3) is 7.45. The maximum absolute atomic E-state index is 10.2. The molecule has 0 amide bonds. The van der Waals surface area contributed by atoms with Gasteiger partial charge in [-0.25, -0.2) is 0 Å². The third-order valence-corrected chi connectivity index (χ3v) is 1.06. The molecular weight excluding hydrogens is 132 g/mol. The zero-order valence-corrected chi connectivity index (χ0v) is 6.25. The van der Waals surface area contributed by atoms with Gasteiger partial charge in [-0.1, -0.05) is 0 Å². The largest absolute Gasteiger partial charge is 0.282 e. The summed E-state index contributed by atoms with van der Waals surface area (Å²) in [6, 6.07) is 0. The van der Waals surface area contributed by atoms with Crippen LogP contribution in [0.4, 0.5) is 0 Å². The second-order valence-corrected chi connectivity index (χ2v) is 2.11. The molecule has 0 heterocycles. The molecule has 0 aromatic carbocycles. The van der Waals surface area contributed by atoms with Crippen LogP contribution in [-0.2, 0) is 4.79 Å². The highest BCUT2D eigenvalue weighted by molar-refractivity contribution is 7.96. The summed E-state index contributed by atoms with van der Waals surface area (Å²) in [5.41, 5.74) is 0. The van der Waals surface area contributed by atoms with Gasteiger partial charge in [0.1, 0.15) is 0 Å². The molecule has 0 aromatic rings. The average molecular weight is 141 g/mol. The summed E-state index contributed by atoms with van der Waals surface area (Å²) < 4.78 is 0. The first-order valence-corrected chi connectivity index (χ1v) is 3.27. The fourth-order valence-electron chi connectivity index (χ4n) is 0.446. The molecule has 1 radical (unpaired) electrons. The van der Waals surface area contributed by atoms with Gasteiger partial charge in [0.05, 0.1) is 0 Å². The minimum atomic E-state index is -0.159. The normalized spacial score (nSPS) is 7.67. The van der Waals surface area contributed by atoms with E-state index in [1.54, 1.807) is 6.92 Å². The van der Waals surface area contributed by atoms with Gasteiger partial charge >= 0.3 is 0 Å². The van der Waals surface area contributed by atoms with Crippen LogP contribution in [0.3, 0.4) is 0 Å². The maximum atomic E-state index is 10.2. The third-order valence-electron chi connectivity index (χ3n) is 0.859. The van der Waals surface area contributed by atoms with Crippen LogP contribution in [0, 0.1) is 11.8 Å². The number of carbonyl (C=O) groups excluding carboxylic acids is 1. The lowest BCUT2D eigenvalue weighted by molar-refractivity contribution is -0.110. The van der Waals surface area contributed by atoms with E-state index in [-0.39, 0.29) is 5.12 Å². The van der Waals surface area contributed by atoms with Crippen LogP contribution in [0.15, 0.2) is 0 Å². The molecule has 0 aliphatic rings. The van der Waals surface area contributed by atoms with Gasteiger partial charge in [0, 0.05) is 12.8 Å². The van der Waals surface area contributed by atoms with Gasteiger partial charge in [0.2, 0.25) is 5.12 Å². The summed E-state index contributed by atoms with van der Waals surface area (Å²) in [6.45, 7) is 1.79. The maximum Gasteiger partial charge on any atom is 0.218 e. The van der Waals surface area contributed by atoms with E-state index in [4.69, 9.17) is 0 Å². The molecule has 0 rings (SSSR count). The molecule has 0 fully saturated rings. The number of rotatable bonds is 3. The van der Waals surface area contributed by atoms with Crippen LogP contribution >= 0.6 is 12.6 Å². The zero-order chi connectivity index (χ0) is 7.11. The average Bonchev–Trinajstić information content (AvgIpc) is 1.80. The SMILES string of the molecule is CC#CCCCC(=O)[S]. The first-order chi connectivity index (χ1) is 4.27. The second-order valence-electron chi connectivity index (χ2n) is 1.65. The van der Waals surface area contributed by atoms with E-state index in [1.165, 1.54) is 0 Å². The first-order valence-electron chi connectivity index (χ1n) is 2.87. The lowest BCUT2D eigenvalue weighted by atomic mass is 10.2. The number of hydrogen-bond donors (Lipinski definition) is 0. The summed E-state index contributed by atoms with van der Waals surface area (Å²) in [5.74, 6) is 5.60. The quantitative estimate of drug-likeness (QED) is 0.433. The Morgan fingerprint density at radius 2 is 2.33 bits per heavy atom. The van der Waals surface area contributed by atoms with Gasteiger partial charge in [0.15, 0.2) is 0 Å². The molecule has 0 saturated carbocycles. The van der Waals surface area contributed by atoms with Crippen molar-refractivity contribution in [2.45, 2.75) is 26.2 Å². The monoisotopic (exact) mass is 141 g/mol. The summed E-state index contributed by atoms with van der Waals surface area (Å²) in [6.07, 6.45) is 2.09. The molecule has 1 nitrogen and oxygen atoms in total. The standard InChI is InChI=1S/C7H9OS/c1-2-3-4-5-6-7(8)9/h4-6H2,1H3. The summed E-state index contributed by atoms with van der Waals surface area (Å²) >= 11 is 4.34. The van der Waals surface area contributed by atoms with E-state index in [9.17, 15) is 4.79 Å². The predicted octanol–water partition coefficient (Wildman–Crippen LogP) is 1.90. The van der Waals surface area contributed by atoms with Gasteiger partial charge in [-0.05, 0) is 26.0 Å². The van der Waals surface area contributed by atoms with E-state index in [1.807, 2.05) is 0 Å². The summed E-state index contributed by atoms with van der Waals surface area (Å²) in [7, 11) is 0. The Labute approximate surface area is 61.2 Å². The lowest BCUT2D eigenvalue weighted by Gasteiger charge is -1.85. The number of carbonyl (C=O) groups is 1. The predicted molar refractivity (Wildman–Crippen MR) is 39.9 cm³/mol. The molecule has 0 atom stereocenters. The topological polar surface area (TPSA) is 17.1 Å². The minimum absolute atomic E-state index is 0.159. The van der Waals surface area contributed by atoms with Crippen molar-refractivity contribution in [2.24, 2.45) is 0 Å². The van der Waals surface area contributed by atoms with Crippen molar-refractivity contribution in [1.29, 1.82) is 0 Å². The minimum Gasteiger partial charge on any atom is -0.282 e. The molecular formula is C7H9OS. The Bertz CT molecular complexity index is 141. The van der Waals surface area contributed by atoms with Gasteiger partial charge < -0.3 is 0 Å². The molecule has 49 valence electrons. The van der Waals surface area contributed by atoms with Gasteiger partial charge in [-0.2, -0.15) is 0 Å². The van der Waals surface area contributed by atoms with Crippen molar-refractivity contribution in [3.05, 3.63) is 0 Å². The lowest BCUT2D eigenvalue weighted by Crippen LogP contribution is -1.83. The Balaban J connectivity index is 3.07. The highest BCUT2D eigenvalue weighted by Crippen LogP contribution is 1.96. The van der Waals surface area contributed by atoms with Crippen LogP contribution in [0.25, 0.3) is 0 Å². The van der Waals surface area contributed by atoms with Gasteiger partial charge in [0.25, 0.3) is 0 Å². The second kappa shape index (κ2) is 5.58. The molecule has 0 N–H and O–H groups in total. The molecule has 2 heteroatoms. The highest BCUT2D eigenvalue weighted by atomic mass is 32.1. The smallest absolute Gasteiger partial charge is 0.218 e. The molecule has 0 unspecified atom stereocenters. The van der Waals surface area contributed by atoms with Crippen molar-refractivity contribution in [3.8, 4) is 11.8 Å². The highest BCUT2D eigenvalue weighted by Gasteiger charge is 1.91. The van der Waals surface area contributed by atoms with E-state index in [0.717, 1.165) is 12.8 Å². The van der Waals surface area contributed by atoms with E-state index >= 15 is 0 Å². The van der Waals surface area contributed by atoms with Crippen molar-refractivity contribution < 1.29 is 4.79 Å². The van der Waals surface area contributed by atoms with Gasteiger partial charge in [-0.3, -0.25) is 4.79 Å². The van der Waals surface area contributed by atoms with E-state index in [0.29, 0.717) is 6.42 Å². The fraction of sp³-hybridized carbons (Fsp3) is 0.571. The Morgan fingerprint density at radius 3 is 2.78 bits per heavy atom. The molecule has 9 heavy (non-hydrogen) atoms. The van der Waals surface area contributed by atoms with Gasteiger partial charge in [-0.15, -0.1) is 11.8 Å². The molecule has 0 bridgehead atoms. The van der Waals surface area contributed by atoms with E-state index in [2.05, 4.69) is 24.5 Å². The van der Waals surface area contributed by atoms with E-state index < -0.39 is 0 Å². The molecule has 0 spiro atoms. The Kier molecular flexibility index (Phi) is 5.24. The molecule has 0 aromatic heterocycles. The number of hydrogen-bond acceptors (Lipinski definition) is 1. The molecule has 0 aliphatic carbocycles. The molecule has 0 aliphatic heterocycles. The van der Waals surface area contributed by atoms with Crippen molar-refractivity contribution >= 4 is 17.7 Å². The zero-order valence-electron chi connectivity index (χ0n) is 5.44. The fourth-order valence-corrected chi connectivity index (χ4v) is 0.590. The Morgan fingerprint density at radius 1 is 1.67 bits per heavy atom. The molecule has 0 saturated heterocycles. The van der Waals surface area contributed by atoms with Crippen LogP contribution in [0.1, 0.15) is 26.2 Å². The Hall–Kier alpha value is -0.550.